The molecule has 0 spiro atoms. The number of hydrogen-bond donors (Lipinski definition) is 1. The average molecular weight is 454 g/mol. The highest BCUT2D eigenvalue weighted by Gasteiger charge is 2.49. The smallest absolute Gasteiger partial charge is 0.247 e. The Morgan fingerprint density at radius 1 is 1.13 bits per heavy atom. The van der Waals surface area contributed by atoms with Crippen LogP contribution in [0.2, 0.25) is 0 Å². The molecule has 1 saturated carbocycles. The number of sulfonamides is 1. The van der Waals surface area contributed by atoms with E-state index in [1.165, 1.54) is 23.5 Å². The topological polar surface area (TPSA) is 86.8 Å². The molecule has 0 bridgehead atoms. The van der Waals surface area contributed by atoms with Gasteiger partial charge in [0.15, 0.2) is 0 Å². The highest BCUT2D eigenvalue weighted by atomic mass is 32.2. The summed E-state index contributed by atoms with van der Waals surface area (Å²) in [6, 6.07) is 5.76. The summed E-state index contributed by atoms with van der Waals surface area (Å²) in [4.78, 5) is 27.9. The molecule has 172 valence electrons. The van der Waals surface area contributed by atoms with Crippen molar-refractivity contribution in [2.24, 2.45) is 0 Å². The first-order chi connectivity index (χ1) is 14.6. The van der Waals surface area contributed by atoms with E-state index in [1.807, 2.05) is 0 Å². The molecule has 1 aliphatic carbocycles. The Bertz CT molecular complexity index is 898. The number of amides is 2. The third-order valence-electron chi connectivity index (χ3n) is 6.35. The fourth-order valence-electron chi connectivity index (χ4n) is 4.40. The second-order valence-corrected chi connectivity index (χ2v) is 10.9. The minimum absolute atomic E-state index is 0.0148. The number of nitrogens with one attached hydrogen (secondary N) is 1. The first-order valence-electron chi connectivity index (χ1n) is 10.9. The van der Waals surface area contributed by atoms with Gasteiger partial charge in [0.25, 0.3) is 0 Å². The van der Waals surface area contributed by atoms with E-state index in [-0.39, 0.29) is 37.4 Å². The van der Waals surface area contributed by atoms with Gasteiger partial charge in [-0.25, -0.2) is 12.8 Å². The normalized spacial score (nSPS) is 24.5. The average Bonchev–Trinajstić information content (AvgIpc) is 2.67. The van der Waals surface area contributed by atoms with Crippen LogP contribution in [0.25, 0.3) is 0 Å². The zero-order valence-corrected chi connectivity index (χ0v) is 19.1. The lowest BCUT2D eigenvalue weighted by atomic mass is 9.92. The predicted molar refractivity (Wildman–Crippen MR) is 116 cm³/mol. The number of hydrogen-bond acceptors (Lipinski definition) is 4. The summed E-state index contributed by atoms with van der Waals surface area (Å²) < 4.78 is 38.8. The van der Waals surface area contributed by atoms with Gasteiger partial charge in [-0.1, -0.05) is 44.2 Å². The van der Waals surface area contributed by atoms with E-state index in [0.29, 0.717) is 5.56 Å². The van der Waals surface area contributed by atoms with Gasteiger partial charge in [-0.15, -0.1) is 0 Å². The molecular formula is C22H32FN3O4S. The van der Waals surface area contributed by atoms with Crippen molar-refractivity contribution in [1.82, 2.24) is 14.5 Å². The molecule has 2 amide bonds. The third-order valence-corrected chi connectivity index (χ3v) is 7.54. The lowest BCUT2D eigenvalue weighted by Gasteiger charge is -2.47. The summed E-state index contributed by atoms with van der Waals surface area (Å²) in [5, 5.41) is 3.10. The number of rotatable bonds is 5. The van der Waals surface area contributed by atoms with Crippen molar-refractivity contribution in [2.75, 3.05) is 19.3 Å². The van der Waals surface area contributed by atoms with Gasteiger partial charge in [0, 0.05) is 19.1 Å². The van der Waals surface area contributed by atoms with Crippen molar-refractivity contribution in [3.8, 4) is 0 Å². The molecule has 1 saturated heterocycles. The Morgan fingerprint density at radius 2 is 1.71 bits per heavy atom. The monoisotopic (exact) mass is 453 g/mol. The molecule has 1 N–H and O–H groups in total. The minimum atomic E-state index is -3.65. The lowest BCUT2D eigenvalue weighted by molar-refractivity contribution is -0.154. The number of carbonyl (C=O) groups is 2. The van der Waals surface area contributed by atoms with Crippen LogP contribution in [0.3, 0.4) is 0 Å². The van der Waals surface area contributed by atoms with Gasteiger partial charge in [-0.3, -0.25) is 9.59 Å². The maximum Gasteiger partial charge on any atom is 0.247 e. The summed E-state index contributed by atoms with van der Waals surface area (Å²) in [6.07, 6.45) is 8.36. The molecular weight excluding hydrogens is 421 g/mol. The summed E-state index contributed by atoms with van der Waals surface area (Å²) in [5.74, 6) is -1.18. The van der Waals surface area contributed by atoms with E-state index in [4.69, 9.17) is 0 Å². The fourth-order valence-corrected chi connectivity index (χ4v) is 5.23. The molecule has 1 atom stereocenters. The number of piperazine rings is 1. The van der Waals surface area contributed by atoms with Gasteiger partial charge in [-0.05, 0) is 37.5 Å². The van der Waals surface area contributed by atoms with Gasteiger partial charge >= 0.3 is 0 Å². The molecule has 2 fully saturated rings. The maximum absolute atomic E-state index is 13.5. The summed E-state index contributed by atoms with van der Waals surface area (Å²) in [5.41, 5.74) is -0.692. The Kier molecular flexibility index (Phi) is 7.36. The molecule has 1 aromatic carbocycles. The molecule has 1 aliphatic heterocycles. The Balaban J connectivity index is 1.86. The molecule has 1 unspecified atom stereocenters. The maximum atomic E-state index is 13.5. The highest BCUT2D eigenvalue weighted by molar-refractivity contribution is 7.88. The van der Waals surface area contributed by atoms with Crippen LogP contribution in [0.5, 0.6) is 0 Å². The molecule has 31 heavy (non-hydrogen) atoms. The van der Waals surface area contributed by atoms with E-state index < -0.39 is 21.5 Å². The van der Waals surface area contributed by atoms with Crippen LogP contribution in [0, 0.1) is 5.82 Å². The molecule has 1 aromatic rings. The van der Waals surface area contributed by atoms with E-state index in [1.54, 1.807) is 19.1 Å². The van der Waals surface area contributed by atoms with Crippen molar-refractivity contribution >= 4 is 21.8 Å². The van der Waals surface area contributed by atoms with E-state index >= 15 is 0 Å². The molecule has 0 radical (unpaired) electrons. The van der Waals surface area contributed by atoms with Gasteiger partial charge in [0.05, 0.1) is 12.8 Å². The minimum Gasteiger partial charge on any atom is -0.351 e. The van der Waals surface area contributed by atoms with Crippen molar-refractivity contribution in [1.29, 1.82) is 0 Å². The van der Waals surface area contributed by atoms with Crippen LogP contribution in [0.15, 0.2) is 24.3 Å². The summed E-state index contributed by atoms with van der Waals surface area (Å²) in [7, 11) is -3.65. The highest BCUT2D eigenvalue weighted by Crippen LogP contribution is 2.28. The SMILES string of the molecule is CC1(C(=O)NC2CCCCCCC2)CN(S(C)(=O)=O)CC(=O)N1Cc1ccc(F)cc1. The Labute approximate surface area is 184 Å². The van der Waals surface area contributed by atoms with Crippen LogP contribution in [0.1, 0.15) is 57.4 Å². The summed E-state index contributed by atoms with van der Waals surface area (Å²) >= 11 is 0. The van der Waals surface area contributed by atoms with Gasteiger partial charge in [0.2, 0.25) is 21.8 Å². The predicted octanol–water partition coefficient (Wildman–Crippen LogP) is 2.42. The van der Waals surface area contributed by atoms with E-state index in [2.05, 4.69) is 5.32 Å². The zero-order valence-electron chi connectivity index (χ0n) is 18.3. The molecule has 0 aromatic heterocycles. The first-order valence-corrected chi connectivity index (χ1v) is 12.8. The van der Waals surface area contributed by atoms with Crippen LogP contribution >= 0.6 is 0 Å². The van der Waals surface area contributed by atoms with Crippen molar-refractivity contribution in [3.05, 3.63) is 35.6 Å². The van der Waals surface area contributed by atoms with Crippen molar-refractivity contribution in [2.45, 2.75) is 70.0 Å². The van der Waals surface area contributed by atoms with Crippen LogP contribution in [-0.2, 0) is 26.2 Å². The first kappa shape index (κ1) is 23.7. The third kappa shape index (κ3) is 5.83. The lowest BCUT2D eigenvalue weighted by Crippen LogP contribution is -2.69. The fraction of sp³-hybridized carbons (Fsp3) is 0.636. The van der Waals surface area contributed by atoms with E-state index in [0.717, 1.165) is 49.1 Å². The largest absolute Gasteiger partial charge is 0.351 e. The number of carbonyl (C=O) groups excluding carboxylic acids is 2. The molecule has 2 aliphatic rings. The number of nitrogens with zero attached hydrogens (tertiary/aromatic N) is 2. The summed E-state index contributed by atoms with van der Waals surface area (Å²) in [6.45, 7) is 1.29. The van der Waals surface area contributed by atoms with Crippen molar-refractivity contribution < 1.29 is 22.4 Å². The van der Waals surface area contributed by atoms with Crippen LogP contribution < -0.4 is 5.32 Å². The quantitative estimate of drug-likeness (QED) is 0.742. The Hall–Kier alpha value is -2.00. The number of benzene rings is 1. The van der Waals surface area contributed by atoms with Gasteiger partial charge in [-0.2, -0.15) is 4.31 Å². The standard InChI is InChI=1S/C22H32FN3O4S/c1-22(21(28)24-19-8-6-4-3-5-7-9-19)16-25(31(2,29)30)15-20(27)26(22)14-17-10-12-18(23)13-11-17/h10-13,19H,3-9,14-16H2,1-2H3,(H,24,28). The van der Waals surface area contributed by atoms with Crippen molar-refractivity contribution in [3.63, 3.8) is 0 Å². The molecule has 3 rings (SSSR count). The zero-order chi connectivity index (χ0) is 22.6. The van der Waals surface area contributed by atoms with Gasteiger partial charge < -0.3 is 10.2 Å². The molecule has 7 nitrogen and oxygen atoms in total. The van der Waals surface area contributed by atoms with Crippen LogP contribution in [-0.4, -0.2) is 60.4 Å². The second-order valence-electron chi connectivity index (χ2n) is 8.93. The van der Waals surface area contributed by atoms with E-state index in [9.17, 15) is 22.4 Å². The second kappa shape index (κ2) is 9.65. The molecule has 9 heteroatoms. The van der Waals surface area contributed by atoms with Gasteiger partial charge in [0.1, 0.15) is 11.4 Å². The van der Waals surface area contributed by atoms with Crippen LogP contribution in [0.4, 0.5) is 4.39 Å². The number of halogens is 1. The Morgan fingerprint density at radius 3 is 2.29 bits per heavy atom. The molecule has 1 heterocycles.